The van der Waals surface area contributed by atoms with Gasteiger partial charge in [0, 0.05) is 11.9 Å². The number of nitrogens with zero attached hydrogens (tertiary/aromatic N) is 2. The second kappa shape index (κ2) is 3.09. The zero-order valence-electron chi connectivity index (χ0n) is 8.03. The number of likely N-dealkylation sites (tertiary alicyclic amines) is 1. The van der Waals surface area contributed by atoms with Crippen LogP contribution < -0.4 is 0 Å². The second-order valence-corrected chi connectivity index (χ2v) is 4.01. The van der Waals surface area contributed by atoms with Crippen LogP contribution in [0.3, 0.4) is 0 Å². The van der Waals surface area contributed by atoms with Crippen molar-refractivity contribution in [2.75, 3.05) is 13.1 Å². The Kier molecular flexibility index (Phi) is 2.03. The van der Waals surface area contributed by atoms with Gasteiger partial charge in [-0.1, -0.05) is 0 Å². The molecule has 1 aliphatic rings. The number of aromatic amines is 1. The van der Waals surface area contributed by atoms with E-state index < -0.39 is 5.60 Å². The smallest absolute Gasteiger partial charge is 0.228 e. The molecule has 0 radical (unpaired) electrons. The molecule has 5 heteroatoms. The van der Waals surface area contributed by atoms with Gasteiger partial charge in [-0.05, 0) is 13.0 Å². The summed E-state index contributed by atoms with van der Waals surface area (Å²) in [6.45, 7) is 2.59. The predicted molar refractivity (Wildman–Crippen MR) is 49.5 cm³/mol. The lowest BCUT2D eigenvalue weighted by atomic mass is 9.96. The molecule has 2 N–H and O–H groups in total. The monoisotopic (exact) mass is 195 g/mol. The normalized spacial score (nSPS) is 19.1. The van der Waals surface area contributed by atoms with Gasteiger partial charge in [-0.3, -0.25) is 9.89 Å². The molecule has 1 aliphatic heterocycles. The molecule has 2 heterocycles. The number of hydrogen-bond donors (Lipinski definition) is 2. The van der Waals surface area contributed by atoms with Crippen molar-refractivity contribution < 1.29 is 9.90 Å². The molecule has 1 aromatic heterocycles. The highest BCUT2D eigenvalue weighted by Crippen LogP contribution is 2.20. The zero-order valence-corrected chi connectivity index (χ0v) is 8.03. The number of H-pyrrole nitrogens is 1. The van der Waals surface area contributed by atoms with E-state index in [4.69, 9.17) is 0 Å². The Morgan fingerprint density at radius 1 is 1.79 bits per heavy atom. The number of amides is 1. The minimum atomic E-state index is -0.691. The van der Waals surface area contributed by atoms with Gasteiger partial charge in [-0.15, -0.1) is 0 Å². The fourth-order valence-electron chi connectivity index (χ4n) is 1.61. The molecular formula is C9H13N3O2. The number of hydrogen-bond acceptors (Lipinski definition) is 3. The maximum absolute atomic E-state index is 11.5. The molecule has 0 aromatic carbocycles. The molecule has 0 unspecified atom stereocenters. The first kappa shape index (κ1) is 9.21. The lowest BCUT2D eigenvalue weighted by Gasteiger charge is -2.44. The molecule has 0 atom stereocenters. The third-order valence-electron chi connectivity index (χ3n) is 2.32. The Morgan fingerprint density at radius 2 is 2.50 bits per heavy atom. The van der Waals surface area contributed by atoms with Gasteiger partial charge in [-0.2, -0.15) is 5.10 Å². The minimum absolute atomic E-state index is 0.0285. The van der Waals surface area contributed by atoms with E-state index in [1.54, 1.807) is 24.1 Å². The Labute approximate surface area is 81.7 Å². The minimum Gasteiger partial charge on any atom is -0.386 e. The fraction of sp³-hybridized carbons (Fsp3) is 0.556. The molecule has 1 saturated heterocycles. The van der Waals surface area contributed by atoms with Crippen LogP contribution in [0.2, 0.25) is 0 Å². The van der Waals surface area contributed by atoms with Crippen molar-refractivity contribution in [1.29, 1.82) is 0 Å². The van der Waals surface area contributed by atoms with E-state index in [9.17, 15) is 9.90 Å². The van der Waals surface area contributed by atoms with Gasteiger partial charge in [0.1, 0.15) is 0 Å². The Hall–Kier alpha value is -1.36. The van der Waals surface area contributed by atoms with Crippen LogP contribution in [0.25, 0.3) is 0 Å². The summed E-state index contributed by atoms with van der Waals surface area (Å²) in [6, 6.07) is 1.77. The van der Waals surface area contributed by atoms with Crippen LogP contribution >= 0.6 is 0 Å². The van der Waals surface area contributed by atoms with Crippen LogP contribution in [-0.4, -0.2) is 44.8 Å². The van der Waals surface area contributed by atoms with Crippen LogP contribution in [0.4, 0.5) is 0 Å². The largest absolute Gasteiger partial charge is 0.386 e. The first-order valence-corrected chi connectivity index (χ1v) is 4.55. The van der Waals surface area contributed by atoms with E-state index in [-0.39, 0.29) is 5.91 Å². The number of aliphatic hydroxyl groups is 1. The van der Waals surface area contributed by atoms with Crippen molar-refractivity contribution in [1.82, 2.24) is 15.1 Å². The maximum Gasteiger partial charge on any atom is 0.228 e. The van der Waals surface area contributed by atoms with Gasteiger partial charge >= 0.3 is 0 Å². The summed E-state index contributed by atoms with van der Waals surface area (Å²) >= 11 is 0. The molecule has 1 amide bonds. The molecule has 76 valence electrons. The number of carbonyl (C=O) groups excluding carboxylic acids is 1. The molecule has 0 saturated carbocycles. The van der Waals surface area contributed by atoms with Crippen LogP contribution in [0.1, 0.15) is 12.6 Å². The first-order valence-electron chi connectivity index (χ1n) is 4.55. The number of β-amino-alcohol motifs (C(OH)–C–C–N with tert-alkyl or cyclic N) is 1. The van der Waals surface area contributed by atoms with Gasteiger partial charge in [0.05, 0.1) is 25.1 Å². The van der Waals surface area contributed by atoms with Gasteiger partial charge < -0.3 is 10.0 Å². The third-order valence-corrected chi connectivity index (χ3v) is 2.32. The second-order valence-electron chi connectivity index (χ2n) is 4.01. The molecule has 1 aromatic rings. The molecule has 5 nitrogen and oxygen atoms in total. The highest BCUT2D eigenvalue weighted by Gasteiger charge is 2.39. The van der Waals surface area contributed by atoms with Crippen LogP contribution in [-0.2, 0) is 11.2 Å². The molecular weight excluding hydrogens is 182 g/mol. The lowest BCUT2D eigenvalue weighted by Crippen LogP contribution is -2.62. The standard InChI is InChI=1S/C9H13N3O2/c1-9(14)5-12(6-9)8(13)4-7-2-3-10-11-7/h2-3,14H,4-6H2,1H3,(H,10,11). The lowest BCUT2D eigenvalue weighted by molar-refractivity contribution is -0.151. The van der Waals surface area contributed by atoms with Crippen LogP contribution in [0, 0.1) is 0 Å². The van der Waals surface area contributed by atoms with Gasteiger partial charge in [0.15, 0.2) is 0 Å². The zero-order chi connectivity index (χ0) is 10.2. The van der Waals surface area contributed by atoms with Crippen molar-refractivity contribution in [3.63, 3.8) is 0 Å². The van der Waals surface area contributed by atoms with E-state index >= 15 is 0 Å². The Morgan fingerprint density at radius 3 is 3.00 bits per heavy atom. The van der Waals surface area contributed by atoms with Crippen molar-refractivity contribution in [2.24, 2.45) is 0 Å². The number of rotatable bonds is 2. The van der Waals surface area contributed by atoms with E-state index in [1.807, 2.05) is 0 Å². The highest BCUT2D eigenvalue weighted by molar-refractivity contribution is 5.79. The molecule has 2 rings (SSSR count). The van der Waals surface area contributed by atoms with Crippen LogP contribution in [0.5, 0.6) is 0 Å². The topological polar surface area (TPSA) is 69.2 Å². The summed E-state index contributed by atoms with van der Waals surface area (Å²) in [7, 11) is 0. The predicted octanol–water partition coefficient (Wildman–Crippen LogP) is -0.455. The highest BCUT2D eigenvalue weighted by atomic mass is 16.3. The van der Waals surface area contributed by atoms with Crippen molar-refractivity contribution >= 4 is 5.91 Å². The van der Waals surface area contributed by atoms with E-state index in [0.29, 0.717) is 19.5 Å². The maximum atomic E-state index is 11.5. The molecule has 14 heavy (non-hydrogen) atoms. The first-order chi connectivity index (χ1) is 6.57. The number of nitrogens with one attached hydrogen (secondary N) is 1. The molecule has 0 aliphatic carbocycles. The third kappa shape index (κ3) is 1.77. The van der Waals surface area contributed by atoms with Crippen molar-refractivity contribution in [3.05, 3.63) is 18.0 Å². The van der Waals surface area contributed by atoms with Gasteiger partial charge in [0.2, 0.25) is 5.91 Å². The van der Waals surface area contributed by atoms with Gasteiger partial charge in [0.25, 0.3) is 0 Å². The average Bonchev–Trinajstić information content (AvgIpc) is 2.52. The van der Waals surface area contributed by atoms with Crippen molar-refractivity contribution in [2.45, 2.75) is 18.9 Å². The molecule has 0 bridgehead atoms. The van der Waals surface area contributed by atoms with E-state index in [0.717, 1.165) is 5.69 Å². The SMILES string of the molecule is CC1(O)CN(C(=O)Cc2ccn[nH]2)C1. The average molecular weight is 195 g/mol. The summed E-state index contributed by atoms with van der Waals surface area (Å²) in [6.07, 6.45) is 1.95. The summed E-state index contributed by atoms with van der Waals surface area (Å²) in [5.41, 5.74) is 0.116. The van der Waals surface area contributed by atoms with Crippen LogP contribution in [0.15, 0.2) is 12.3 Å². The fourth-order valence-corrected chi connectivity index (χ4v) is 1.61. The summed E-state index contributed by atoms with van der Waals surface area (Å²) in [4.78, 5) is 13.2. The summed E-state index contributed by atoms with van der Waals surface area (Å²) in [5, 5.41) is 15.9. The number of aromatic nitrogens is 2. The summed E-state index contributed by atoms with van der Waals surface area (Å²) in [5.74, 6) is 0.0285. The van der Waals surface area contributed by atoms with E-state index in [1.165, 1.54) is 0 Å². The van der Waals surface area contributed by atoms with E-state index in [2.05, 4.69) is 10.2 Å². The molecule has 0 spiro atoms. The Bertz CT molecular complexity index is 324. The molecule has 1 fully saturated rings. The summed E-state index contributed by atoms with van der Waals surface area (Å²) < 4.78 is 0. The number of carbonyl (C=O) groups is 1. The quantitative estimate of drug-likeness (QED) is 0.671. The van der Waals surface area contributed by atoms with Crippen molar-refractivity contribution in [3.8, 4) is 0 Å². The van der Waals surface area contributed by atoms with Gasteiger partial charge in [-0.25, -0.2) is 0 Å². The Balaban J connectivity index is 1.86.